The lowest BCUT2D eigenvalue weighted by Gasteiger charge is -2.29. The van der Waals surface area contributed by atoms with Crippen LogP contribution < -0.4 is 0 Å². The summed E-state index contributed by atoms with van der Waals surface area (Å²) in [5, 5.41) is 0. The van der Waals surface area contributed by atoms with Crippen LogP contribution in [0, 0.1) is 0 Å². The van der Waals surface area contributed by atoms with Crippen molar-refractivity contribution in [2.45, 2.75) is 18.4 Å². The van der Waals surface area contributed by atoms with E-state index < -0.39 is 48.4 Å². The summed E-state index contributed by atoms with van der Waals surface area (Å²) >= 11 is 0. The van der Waals surface area contributed by atoms with Gasteiger partial charge < -0.3 is 47.4 Å². The summed E-state index contributed by atoms with van der Waals surface area (Å²) in [6.07, 6.45) is 0.996. The van der Waals surface area contributed by atoms with E-state index in [9.17, 15) is 24.0 Å². The largest absolute Gasteiger partial charge is 0.498 e. The number of methoxy groups -OCH3 is 3. The van der Waals surface area contributed by atoms with Crippen molar-refractivity contribution >= 4 is 30.0 Å². The number of esters is 3. The van der Waals surface area contributed by atoms with Gasteiger partial charge in [-0.2, -0.15) is 0 Å². The summed E-state index contributed by atoms with van der Waals surface area (Å²) in [7, 11) is 4.26. The maximum absolute atomic E-state index is 13.5. The van der Waals surface area contributed by atoms with Crippen LogP contribution in [0.25, 0.3) is 0 Å². The molecule has 0 N–H and O–H groups in total. The number of urea groups is 2. The molecule has 2 fully saturated rings. The number of hydrogen-bond donors (Lipinski definition) is 0. The van der Waals surface area contributed by atoms with Crippen LogP contribution >= 0.6 is 0 Å². The number of rotatable bonds is 25. The zero-order valence-corrected chi connectivity index (χ0v) is 29.3. The predicted octanol–water partition coefficient (Wildman–Crippen LogP) is 1.92. The first-order valence-corrected chi connectivity index (χ1v) is 15.7. The average molecular weight is 737 g/mol. The molecular formula is C33H44N4O15. The Morgan fingerprint density at radius 2 is 1.02 bits per heavy atom. The third-order valence-corrected chi connectivity index (χ3v) is 7.30. The van der Waals surface area contributed by atoms with Crippen LogP contribution in [0.4, 0.5) is 9.59 Å². The summed E-state index contributed by atoms with van der Waals surface area (Å²) in [5.41, 5.74) is -0.420. The highest BCUT2D eigenvalue weighted by molar-refractivity contribution is 6.00. The SMILES string of the molecule is C=COCCOC(=O)c1cc(C(=O)OCCOC=C)cc(C(=O)OCC(COCN2C(=O)N(COC)C3C2N(COC)C(=O)N3COC)OC=C)c1. The minimum absolute atomic E-state index is 0.0380. The minimum Gasteiger partial charge on any atom is -0.498 e. The number of fused-ring (bicyclic) bond motifs is 1. The molecule has 3 rings (SSSR count). The predicted molar refractivity (Wildman–Crippen MR) is 177 cm³/mol. The lowest BCUT2D eigenvalue weighted by molar-refractivity contribution is -0.0557. The van der Waals surface area contributed by atoms with Crippen molar-refractivity contribution in [3.8, 4) is 0 Å². The fraction of sp³-hybridized carbons (Fsp3) is 0.485. The Morgan fingerprint density at radius 1 is 0.615 bits per heavy atom. The van der Waals surface area contributed by atoms with E-state index in [0.29, 0.717) is 0 Å². The minimum atomic E-state index is -0.919. The van der Waals surface area contributed by atoms with E-state index in [1.54, 1.807) is 0 Å². The average Bonchev–Trinajstić information content (AvgIpc) is 3.55. The Morgan fingerprint density at radius 3 is 1.40 bits per heavy atom. The molecule has 3 unspecified atom stereocenters. The van der Waals surface area contributed by atoms with E-state index in [-0.39, 0.29) is 83.3 Å². The molecule has 0 aromatic heterocycles. The van der Waals surface area contributed by atoms with Crippen LogP contribution in [0.2, 0.25) is 0 Å². The summed E-state index contributed by atoms with van der Waals surface area (Å²) in [5.74, 6) is -2.60. The van der Waals surface area contributed by atoms with Crippen molar-refractivity contribution in [3.05, 3.63) is 73.4 Å². The molecular weight excluding hydrogens is 692 g/mol. The number of nitrogens with zero attached hydrogens (tertiary/aromatic N) is 4. The van der Waals surface area contributed by atoms with Crippen molar-refractivity contribution in [2.24, 2.45) is 0 Å². The summed E-state index contributed by atoms with van der Waals surface area (Å²) in [4.78, 5) is 70.8. The van der Waals surface area contributed by atoms with Gasteiger partial charge in [0, 0.05) is 21.3 Å². The highest BCUT2D eigenvalue weighted by Crippen LogP contribution is 2.35. The molecule has 2 heterocycles. The summed E-state index contributed by atoms with van der Waals surface area (Å²) in [6.45, 7) is 8.99. The van der Waals surface area contributed by atoms with Gasteiger partial charge >= 0.3 is 30.0 Å². The molecule has 19 nitrogen and oxygen atoms in total. The number of hydrogen-bond acceptors (Lipinski definition) is 15. The summed E-state index contributed by atoms with van der Waals surface area (Å²) < 4.78 is 52.6. The van der Waals surface area contributed by atoms with Gasteiger partial charge in [0.15, 0.2) is 18.4 Å². The molecule has 2 saturated heterocycles. The van der Waals surface area contributed by atoms with Gasteiger partial charge in [0.1, 0.15) is 60.0 Å². The van der Waals surface area contributed by atoms with Crippen molar-refractivity contribution in [2.75, 3.05) is 87.9 Å². The second-order valence-electron chi connectivity index (χ2n) is 10.7. The van der Waals surface area contributed by atoms with E-state index in [0.717, 1.165) is 6.26 Å². The van der Waals surface area contributed by atoms with Gasteiger partial charge in [-0.05, 0) is 18.2 Å². The standard InChI is InChI=1S/C33H44N4O15/c1-7-46-10-12-50-29(38)23-14-24(30(39)51-13-11-47-8-2)16-25(15-23)31(40)52-18-26(49-9-3)17-48-22-37-28-27(35(20-44-5)33(37)42)34(19-43-4)32(41)36(28)21-45-6/h7-9,14-16,26-28H,1-3,10-13,17-22H2,4-6H3. The molecule has 4 amide bonds. The number of ether oxygens (including phenoxy) is 10. The first-order chi connectivity index (χ1) is 25.2. The molecule has 3 atom stereocenters. The Kier molecular flexibility index (Phi) is 16.7. The van der Waals surface area contributed by atoms with Gasteiger partial charge in [-0.1, -0.05) is 19.7 Å². The van der Waals surface area contributed by atoms with Crippen molar-refractivity contribution in [3.63, 3.8) is 0 Å². The lowest BCUT2D eigenvalue weighted by Crippen LogP contribution is -2.48. The van der Waals surface area contributed by atoms with Gasteiger partial charge in [0.2, 0.25) is 0 Å². The molecule has 0 aliphatic carbocycles. The molecule has 52 heavy (non-hydrogen) atoms. The number of carbonyl (C=O) groups is 5. The van der Waals surface area contributed by atoms with Crippen LogP contribution in [-0.2, 0) is 47.4 Å². The summed E-state index contributed by atoms with van der Waals surface area (Å²) in [6, 6.07) is 2.70. The third kappa shape index (κ3) is 10.6. The van der Waals surface area contributed by atoms with Crippen molar-refractivity contribution in [1.82, 2.24) is 19.6 Å². The monoisotopic (exact) mass is 736 g/mol. The normalized spacial score (nSPS) is 17.0. The van der Waals surface area contributed by atoms with Crippen LogP contribution in [0.3, 0.4) is 0 Å². The smallest absolute Gasteiger partial charge is 0.338 e. The number of carbonyl (C=O) groups excluding carboxylic acids is 5. The van der Waals surface area contributed by atoms with E-state index in [4.69, 9.17) is 47.4 Å². The van der Waals surface area contributed by atoms with E-state index in [2.05, 4.69) is 19.7 Å². The van der Waals surface area contributed by atoms with E-state index >= 15 is 0 Å². The lowest BCUT2D eigenvalue weighted by atomic mass is 10.1. The van der Waals surface area contributed by atoms with Gasteiger partial charge in [-0.3, -0.25) is 19.6 Å². The molecule has 19 heteroatoms. The van der Waals surface area contributed by atoms with Gasteiger partial charge in [0.25, 0.3) is 0 Å². The molecule has 0 bridgehead atoms. The zero-order chi connectivity index (χ0) is 38.0. The fourth-order valence-electron chi connectivity index (χ4n) is 5.18. The topological polar surface area (TPSA) is 191 Å². The van der Waals surface area contributed by atoms with E-state index in [1.165, 1.54) is 71.7 Å². The van der Waals surface area contributed by atoms with Crippen molar-refractivity contribution < 1.29 is 71.3 Å². The number of benzene rings is 1. The Hall–Kier alpha value is -5.37. The maximum atomic E-state index is 13.5. The number of amides is 4. The molecule has 0 spiro atoms. The van der Waals surface area contributed by atoms with Crippen LogP contribution in [0.15, 0.2) is 56.7 Å². The maximum Gasteiger partial charge on any atom is 0.338 e. The molecule has 0 radical (unpaired) electrons. The zero-order valence-electron chi connectivity index (χ0n) is 29.3. The molecule has 2 aliphatic rings. The first-order valence-electron chi connectivity index (χ1n) is 15.7. The van der Waals surface area contributed by atoms with Gasteiger partial charge in [0.05, 0.1) is 42.1 Å². The van der Waals surface area contributed by atoms with Crippen molar-refractivity contribution in [1.29, 1.82) is 0 Å². The quantitative estimate of drug-likeness (QED) is 0.0612. The molecule has 286 valence electrons. The van der Waals surface area contributed by atoms with Crippen LogP contribution in [-0.4, -0.2) is 156 Å². The Labute approximate surface area is 300 Å². The van der Waals surface area contributed by atoms with Gasteiger partial charge in [-0.15, -0.1) is 0 Å². The Bertz CT molecular complexity index is 1380. The highest BCUT2D eigenvalue weighted by atomic mass is 16.6. The van der Waals surface area contributed by atoms with E-state index in [1.807, 2.05) is 0 Å². The fourth-order valence-corrected chi connectivity index (χ4v) is 5.18. The van der Waals surface area contributed by atoms with Crippen LogP contribution in [0.1, 0.15) is 31.1 Å². The second kappa shape index (κ2) is 21.1. The van der Waals surface area contributed by atoms with Crippen LogP contribution in [0.5, 0.6) is 0 Å². The van der Waals surface area contributed by atoms with Gasteiger partial charge in [-0.25, -0.2) is 24.0 Å². The molecule has 2 aliphatic heterocycles. The first kappa shape index (κ1) is 41.1. The Balaban J connectivity index is 1.71. The molecule has 1 aromatic carbocycles. The third-order valence-electron chi connectivity index (χ3n) is 7.30. The molecule has 0 saturated carbocycles. The highest BCUT2D eigenvalue weighted by Gasteiger charge is 2.59. The molecule has 1 aromatic rings. The second-order valence-corrected chi connectivity index (χ2v) is 10.7.